The summed E-state index contributed by atoms with van der Waals surface area (Å²) < 4.78 is 33.7. The molecule has 2 N–H and O–H groups in total. The number of nitrogens with one attached hydrogen (secondary N) is 2. The number of benzene rings is 2. The van der Waals surface area contributed by atoms with Crippen LogP contribution in [0.3, 0.4) is 0 Å². The molecule has 0 aliphatic heterocycles. The summed E-state index contributed by atoms with van der Waals surface area (Å²) in [5.41, 5.74) is 1.51. The van der Waals surface area contributed by atoms with Crippen LogP contribution in [0.15, 0.2) is 54.6 Å². The zero-order chi connectivity index (χ0) is 21.9. The van der Waals surface area contributed by atoms with Gasteiger partial charge in [0.1, 0.15) is 12.3 Å². The quantitative estimate of drug-likeness (QED) is 0.483. The van der Waals surface area contributed by atoms with E-state index in [0.29, 0.717) is 16.8 Å². The minimum atomic E-state index is -2.96. The summed E-state index contributed by atoms with van der Waals surface area (Å²) in [4.78, 5) is 34.8. The molecule has 7 nitrogen and oxygen atoms in total. The zero-order valence-corrected chi connectivity index (χ0v) is 16.1. The number of methoxy groups -OCH3 is 1. The summed E-state index contributed by atoms with van der Waals surface area (Å²) in [6.45, 7) is -3.17. The molecule has 0 aliphatic carbocycles. The molecule has 0 bridgehead atoms. The average Bonchev–Trinajstić information content (AvgIpc) is 2.72. The standard InChI is InChI=1S/C21H20F2N2O5/c1-29-20(28)13-24-19(27)12-14-6-9-16(10-7-14)25-18(26)11-8-15-4-2-3-5-17(15)30-21(22)23/h2-11,21H,12-13H2,1H3,(H,24,27)(H,25,26). The van der Waals surface area contributed by atoms with E-state index < -0.39 is 18.5 Å². The maximum Gasteiger partial charge on any atom is 0.387 e. The molecule has 0 spiro atoms. The van der Waals surface area contributed by atoms with Gasteiger partial charge in [0.25, 0.3) is 0 Å². The predicted octanol–water partition coefficient (Wildman–Crippen LogP) is 2.77. The number of para-hydroxylation sites is 1. The van der Waals surface area contributed by atoms with E-state index in [1.165, 1.54) is 25.3 Å². The van der Waals surface area contributed by atoms with Crippen molar-refractivity contribution in [3.8, 4) is 5.75 Å². The van der Waals surface area contributed by atoms with Crippen molar-refractivity contribution in [2.45, 2.75) is 13.0 Å². The Hall–Kier alpha value is -3.75. The van der Waals surface area contributed by atoms with Gasteiger partial charge in [-0.15, -0.1) is 0 Å². The van der Waals surface area contributed by atoms with E-state index in [4.69, 9.17) is 0 Å². The first-order valence-corrected chi connectivity index (χ1v) is 8.82. The number of hydrogen-bond donors (Lipinski definition) is 2. The lowest BCUT2D eigenvalue weighted by Crippen LogP contribution is -2.31. The third-order valence-electron chi connectivity index (χ3n) is 3.79. The Morgan fingerprint density at radius 3 is 2.43 bits per heavy atom. The molecule has 0 fully saturated rings. The fourth-order valence-electron chi connectivity index (χ4n) is 2.37. The Morgan fingerprint density at radius 1 is 1.07 bits per heavy atom. The molecule has 0 aliphatic rings. The molecule has 2 rings (SSSR count). The second-order valence-electron chi connectivity index (χ2n) is 5.97. The first-order chi connectivity index (χ1) is 14.4. The van der Waals surface area contributed by atoms with E-state index in [0.717, 1.165) is 0 Å². The summed E-state index contributed by atoms with van der Waals surface area (Å²) in [6, 6.07) is 12.6. The Kier molecular flexibility index (Phi) is 8.49. The van der Waals surface area contributed by atoms with Crippen molar-refractivity contribution in [1.29, 1.82) is 0 Å². The molecule has 30 heavy (non-hydrogen) atoms. The van der Waals surface area contributed by atoms with E-state index in [-0.39, 0.29) is 24.6 Å². The highest BCUT2D eigenvalue weighted by atomic mass is 19.3. The van der Waals surface area contributed by atoms with Gasteiger partial charge in [-0.2, -0.15) is 8.78 Å². The number of hydrogen-bond acceptors (Lipinski definition) is 5. The maximum absolute atomic E-state index is 12.4. The molecular formula is C21H20F2N2O5. The third-order valence-corrected chi connectivity index (χ3v) is 3.79. The summed E-state index contributed by atoms with van der Waals surface area (Å²) in [7, 11) is 1.23. The number of esters is 1. The van der Waals surface area contributed by atoms with Gasteiger partial charge in [-0.25, -0.2) is 0 Å². The molecule has 2 aromatic rings. The van der Waals surface area contributed by atoms with Crippen molar-refractivity contribution in [1.82, 2.24) is 5.32 Å². The van der Waals surface area contributed by atoms with Crippen LogP contribution in [-0.2, 0) is 25.5 Å². The van der Waals surface area contributed by atoms with Crippen LogP contribution in [-0.4, -0.2) is 38.0 Å². The second kappa shape index (κ2) is 11.3. The number of carbonyl (C=O) groups excluding carboxylic acids is 3. The highest BCUT2D eigenvalue weighted by Crippen LogP contribution is 2.21. The molecule has 0 heterocycles. The van der Waals surface area contributed by atoms with Crippen molar-refractivity contribution >= 4 is 29.5 Å². The smallest absolute Gasteiger partial charge is 0.387 e. The molecule has 0 atom stereocenters. The first-order valence-electron chi connectivity index (χ1n) is 8.82. The van der Waals surface area contributed by atoms with Crippen molar-refractivity contribution in [3.63, 3.8) is 0 Å². The lowest BCUT2D eigenvalue weighted by atomic mass is 10.1. The number of anilines is 1. The molecule has 0 saturated carbocycles. The van der Waals surface area contributed by atoms with Crippen molar-refractivity contribution < 1.29 is 32.6 Å². The fourth-order valence-corrected chi connectivity index (χ4v) is 2.37. The summed E-state index contributed by atoms with van der Waals surface area (Å²) in [6.07, 6.45) is 2.63. The van der Waals surface area contributed by atoms with Crippen LogP contribution in [0.1, 0.15) is 11.1 Å². The van der Waals surface area contributed by atoms with E-state index in [1.54, 1.807) is 42.5 Å². The van der Waals surface area contributed by atoms with Gasteiger partial charge in [0.05, 0.1) is 13.5 Å². The molecule has 0 radical (unpaired) electrons. The maximum atomic E-state index is 12.4. The topological polar surface area (TPSA) is 93.7 Å². The molecular weight excluding hydrogens is 398 g/mol. The number of carbonyl (C=O) groups is 3. The van der Waals surface area contributed by atoms with E-state index in [2.05, 4.69) is 20.1 Å². The first kappa shape index (κ1) is 22.5. The fraction of sp³-hybridized carbons (Fsp3) is 0.190. The molecule has 9 heteroatoms. The zero-order valence-electron chi connectivity index (χ0n) is 16.1. The molecule has 158 valence electrons. The molecule has 0 aromatic heterocycles. The Morgan fingerprint density at radius 2 is 1.77 bits per heavy atom. The Labute approximate surface area is 171 Å². The Balaban J connectivity index is 1.90. The normalized spacial score (nSPS) is 10.7. The minimum absolute atomic E-state index is 0.0358. The minimum Gasteiger partial charge on any atom is -0.468 e. The van der Waals surface area contributed by atoms with Crippen molar-refractivity contribution in [2.75, 3.05) is 19.0 Å². The number of rotatable bonds is 9. The van der Waals surface area contributed by atoms with Gasteiger partial charge in [0, 0.05) is 17.3 Å². The number of amides is 2. The SMILES string of the molecule is COC(=O)CNC(=O)Cc1ccc(NC(=O)C=Cc2ccccc2OC(F)F)cc1. The highest BCUT2D eigenvalue weighted by molar-refractivity contribution is 6.02. The van der Waals surface area contributed by atoms with Crippen molar-refractivity contribution in [2.24, 2.45) is 0 Å². The van der Waals surface area contributed by atoms with Gasteiger partial charge in [-0.3, -0.25) is 14.4 Å². The number of ether oxygens (including phenoxy) is 2. The third kappa shape index (κ3) is 7.70. The second-order valence-corrected chi connectivity index (χ2v) is 5.97. The van der Waals surface area contributed by atoms with Gasteiger partial charge in [0.2, 0.25) is 11.8 Å². The van der Waals surface area contributed by atoms with Crippen LogP contribution in [0.2, 0.25) is 0 Å². The molecule has 0 unspecified atom stereocenters. The Bertz CT molecular complexity index is 914. The summed E-state index contributed by atoms with van der Waals surface area (Å²) >= 11 is 0. The highest BCUT2D eigenvalue weighted by Gasteiger charge is 2.08. The number of alkyl halides is 2. The average molecular weight is 418 g/mol. The van der Waals surface area contributed by atoms with Crippen LogP contribution in [0.4, 0.5) is 14.5 Å². The van der Waals surface area contributed by atoms with Crippen LogP contribution >= 0.6 is 0 Å². The van der Waals surface area contributed by atoms with Gasteiger partial charge in [-0.1, -0.05) is 30.3 Å². The van der Waals surface area contributed by atoms with Gasteiger partial charge < -0.3 is 20.1 Å². The monoisotopic (exact) mass is 418 g/mol. The molecule has 0 saturated heterocycles. The van der Waals surface area contributed by atoms with Crippen molar-refractivity contribution in [3.05, 3.63) is 65.7 Å². The molecule has 2 aromatic carbocycles. The van der Waals surface area contributed by atoms with E-state index in [9.17, 15) is 23.2 Å². The van der Waals surface area contributed by atoms with Crippen LogP contribution in [0.25, 0.3) is 6.08 Å². The van der Waals surface area contributed by atoms with E-state index in [1.807, 2.05) is 0 Å². The van der Waals surface area contributed by atoms with Gasteiger partial charge >= 0.3 is 12.6 Å². The van der Waals surface area contributed by atoms with Gasteiger partial charge in [0.15, 0.2) is 0 Å². The van der Waals surface area contributed by atoms with Crippen LogP contribution < -0.4 is 15.4 Å². The van der Waals surface area contributed by atoms with Crippen LogP contribution in [0.5, 0.6) is 5.75 Å². The van der Waals surface area contributed by atoms with Gasteiger partial charge in [-0.05, 0) is 29.8 Å². The van der Waals surface area contributed by atoms with E-state index >= 15 is 0 Å². The van der Waals surface area contributed by atoms with Crippen LogP contribution in [0, 0.1) is 0 Å². The summed E-state index contributed by atoms with van der Waals surface area (Å²) in [5, 5.41) is 5.05. The lowest BCUT2D eigenvalue weighted by Gasteiger charge is -2.07. The molecule has 2 amide bonds. The number of halogens is 2. The summed E-state index contributed by atoms with van der Waals surface area (Å²) in [5.74, 6) is -1.39. The largest absolute Gasteiger partial charge is 0.468 e. The lowest BCUT2D eigenvalue weighted by molar-refractivity contribution is -0.141. The predicted molar refractivity (Wildman–Crippen MR) is 106 cm³/mol.